The number of aliphatic hydroxyl groups is 1. The first-order valence-electron chi connectivity index (χ1n) is 6.43. The van der Waals surface area contributed by atoms with Crippen molar-refractivity contribution in [2.45, 2.75) is 72.3 Å². The fourth-order valence-corrected chi connectivity index (χ4v) is 3.05. The lowest BCUT2D eigenvalue weighted by molar-refractivity contribution is -0.0443. The third kappa shape index (κ3) is 4.55. The van der Waals surface area contributed by atoms with Gasteiger partial charge in [0.1, 0.15) is 0 Å². The molecule has 0 aromatic rings. The van der Waals surface area contributed by atoms with Crippen molar-refractivity contribution >= 4 is 0 Å². The average molecular weight is 212 g/mol. The van der Waals surface area contributed by atoms with Gasteiger partial charge in [-0.05, 0) is 49.4 Å². The molecule has 0 saturated heterocycles. The zero-order chi connectivity index (χ0) is 11.7. The Balaban J connectivity index is 2.50. The van der Waals surface area contributed by atoms with E-state index in [9.17, 15) is 5.11 Å². The molecule has 0 bridgehead atoms. The van der Waals surface area contributed by atoms with Crippen LogP contribution in [0.4, 0.5) is 0 Å². The van der Waals surface area contributed by atoms with Crippen LogP contribution in [0.2, 0.25) is 0 Å². The molecule has 1 rings (SSSR count). The quantitative estimate of drug-likeness (QED) is 0.733. The van der Waals surface area contributed by atoms with Crippen LogP contribution in [0.1, 0.15) is 66.7 Å². The largest absolute Gasteiger partial charge is 0.390 e. The Labute approximate surface area is 95.3 Å². The van der Waals surface area contributed by atoms with E-state index in [-0.39, 0.29) is 5.60 Å². The molecule has 1 nitrogen and oxygen atoms in total. The number of rotatable bonds is 2. The second-order valence-electron chi connectivity index (χ2n) is 7.14. The molecule has 0 spiro atoms. The van der Waals surface area contributed by atoms with Crippen LogP contribution in [0, 0.1) is 17.3 Å². The number of hydrogen-bond acceptors (Lipinski definition) is 1. The summed E-state index contributed by atoms with van der Waals surface area (Å²) in [4.78, 5) is 0. The van der Waals surface area contributed by atoms with Crippen molar-refractivity contribution in [3.63, 3.8) is 0 Å². The summed E-state index contributed by atoms with van der Waals surface area (Å²) in [6.45, 7) is 11.3. The Hall–Kier alpha value is -0.0400. The monoisotopic (exact) mass is 212 g/mol. The zero-order valence-corrected chi connectivity index (χ0v) is 11.1. The van der Waals surface area contributed by atoms with Gasteiger partial charge in [0.2, 0.25) is 0 Å². The minimum atomic E-state index is -0.371. The van der Waals surface area contributed by atoms with Crippen molar-refractivity contribution in [3.05, 3.63) is 0 Å². The highest BCUT2D eigenvalue weighted by atomic mass is 16.3. The molecule has 0 aromatic carbocycles. The van der Waals surface area contributed by atoms with Gasteiger partial charge in [0.25, 0.3) is 0 Å². The minimum Gasteiger partial charge on any atom is -0.390 e. The van der Waals surface area contributed by atoms with E-state index in [2.05, 4.69) is 34.6 Å². The highest BCUT2D eigenvalue weighted by Gasteiger charge is 2.36. The van der Waals surface area contributed by atoms with E-state index >= 15 is 0 Å². The molecule has 1 fully saturated rings. The van der Waals surface area contributed by atoms with E-state index in [1.807, 2.05) is 0 Å². The van der Waals surface area contributed by atoms with Gasteiger partial charge < -0.3 is 5.11 Å². The van der Waals surface area contributed by atoms with Crippen molar-refractivity contribution in [2.75, 3.05) is 0 Å². The lowest BCUT2D eigenvalue weighted by Gasteiger charge is -2.40. The summed E-state index contributed by atoms with van der Waals surface area (Å²) >= 11 is 0. The highest BCUT2D eigenvalue weighted by Crippen LogP contribution is 2.40. The van der Waals surface area contributed by atoms with Crippen molar-refractivity contribution in [2.24, 2.45) is 17.3 Å². The molecule has 0 radical (unpaired) electrons. The third-order valence-corrected chi connectivity index (χ3v) is 3.60. The second kappa shape index (κ2) is 4.45. The molecule has 1 aliphatic rings. The standard InChI is InChI=1S/C14H28O/c1-11-8-12(2)10-14(15,9-11)7-6-13(3,4)5/h11-12,15H,6-10H2,1-5H3. The summed E-state index contributed by atoms with van der Waals surface area (Å²) in [6.07, 6.45) is 5.41. The lowest BCUT2D eigenvalue weighted by Crippen LogP contribution is -2.38. The van der Waals surface area contributed by atoms with Crippen LogP contribution in [0.15, 0.2) is 0 Å². The summed E-state index contributed by atoms with van der Waals surface area (Å²) in [5.74, 6) is 1.39. The Morgan fingerprint density at radius 1 is 1.13 bits per heavy atom. The molecule has 0 heterocycles. The Morgan fingerprint density at radius 2 is 1.60 bits per heavy atom. The topological polar surface area (TPSA) is 20.2 Å². The van der Waals surface area contributed by atoms with E-state index < -0.39 is 0 Å². The average Bonchev–Trinajstić information content (AvgIpc) is 1.97. The van der Waals surface area contributed by atoms with E-state index in [0.29, 0.717) is 17.3 Å². The number of hydrogen-bond donors (Lipinski definition) is 1. The van der Waals surface area contributed by atoms with Crippen LogP contribution in [-0.4, -0.2) is 10.7 Å². The van der Waals surface area contributed by atoms with Crippen LogP contribution in [0.3, 0.4) is 0 Å². The van der Waals surface area contributed by atoms with Crippen LogP contribution >= 0.6 is 0 Å². The summed E-state index contributed by atoms with van der Waals surface area (Å²) in [6, 6.07) is 0. The lowest BCUT2D eigenvalue weighted by atomic mass is 9.70. The van der Waals surface area contributed by atoms with Crippen molar-refractivity contribution in [1.82, 2.24) is 0 Å². The van der Waals surface area contributed by atoms with Gasteiger partial charge in [-0.2, -0.15) is 0 Å². The van der Waals surface area contributed by atoms with Gasteiger partial charge in [-0.3, -0.25) is 0 Å². The van der Waals surface area contributed by atoms with E-state index in [4.69, 9.17) is 0 Å². The smallest absolute Gasteiger partial charge is 0.0653 e. The Kier molecular flexibility index (Phi) is 3.86. The van der Waals surface area contributed by atoms with E-state index in [0.717, 1.165) is 25.7 Å². The summed E-state index contributed by atoms with van der Waals surface area (Å²) in [5.41, 5.74) is -0.0238. The molecule has 2 unspecified atom stereocenters. The highest BCUT2D eigenvalue weighted by molar-refractivity contribution is 4.88. The molecular formula is C14H28O. The van der Waals surface area contributed by atoms with Gasteiger partial charge >= 0.3 is 0 Å². The third-order valence-electron chi connectivity index (χ3n) is 3.60. The molecule has 0 amide bonds. The van der Waals surface area contributed by atoms with Crippen LogP contribution < -0.4 is 0 Å². The van der Waals surface area contributed by atoms with Crippen molar-refractivity contribution in [3.8, 4) is 0 Å². The maximum atomic E-state index is 10.6. The van der Waals surface area contributed by atoms with E-state index in [1.165, 1.54) is 6.42 Å². The van der Waals surface area contributed by atoms with Crippen LogP contribution in [-0.2, 0) is 0 Å². The molecule has 90 valence electrons. The first-order chi connectivity index (χ1) is 6.70. The molecule has 0 aliphatic heterocycles. The van der Waals surface area contributed by atoms with Gasteiger partial charge in [0.05, 0.1) is 5.60 Å². The predicted octanol–water partition coefficient (Wildman–Crippen LogP) is 4.00. The zero-order valence-electron chi connectivity index (χ0n) is 11.1. The molecule has 1 heteroatoms. The SMILES string of the molecule is CC1CC(C)CC(O)(CCC(C)(C)C)C1. The fraction of sp³-hybridized carbons (Fsp3) is 1.00. The van der Waals surface area contributed by atoms with Gasteiger partial charge in [0, 0.05) is 0 Å². The molecule has 15 heavy (non-hydrogen) atoms. The fourth-order valence-electron chi connectivity index (χ4n) is 3.05. The van der Waals surface area contributed by atoms with E-state index in [1.54, 1.807) is 0 Å². The van der Waals surface area contributed by atoms with Crippen molar-refractivity contribution < 1.29 is 5.11 Å². The molecule has 0 aromatic heterocycles. The first-order valence-corrected chi connectivity index (χ1v) is 6.43. The van der Waals surface area contributed by atoms with Crippen LogP contribution in [0.5, 0.6) is 0 Å². The summed E-state index contributed by atoms with van der Waals surface area (Å²) in [5, 5.41) is 10.6. The van der Waals surface area contributed by atoms with Gasteiger partial charge in [-0.1, -0.05) is 34.6 Å². The molecule has 1 saturated carbocycles. The maximum Gasteiger partial charge on any atom is 0.0653 e. The molecule has 2 atom stereocenters. The summed E-state index contributed by atoms with van der Waals surface area (Å²) < 4.78 is 0. The normalized spacial score (nSPS) is 38.0. The second-order valence-corrected chi connectivity index (χ2v) is 7.14. The maximum absolute atomic E-state index is 10.6. The van der Waals surface area contributed by atoms with Gasteiger partial charge in [-0.15, -0.1) is 0 Å². The first kappa shape index (κ1) is 13.0. The predicted molar refractivity (Wildman–Crippen MR) is 65.8 cm³/mol. The van der Waals surface area contributed by atoms with Gasteiger partial charge in [0.15, 0.2) is 0 Å². The molecular weight excluding hydrogens is 184 g/mol. The molecule has 1 N–H and O–H groups in total. The Bertz CT molecular complexity index is 192. The Morgan fingerprint density at radius 3 is 2.00 bits per heavy atom. The van der Waals surface area contributed by atoms with Crippen LogP contribution in [0.25, 0.3) is 0 Å². The minimum absolute atomic E-state index is 0.347. The van der Waals surface area contributed by atoms with Gasteiger partial charge in [-0.25, -0.2) is 0 Å². The van der Waals surface area contributed by atoms with Crippen molar-refractivity contribution in [1.29, 1.82) is 0 Å². The summed E-state index contributed by atoms with van der Waals surface area (Å²) in [7, 11) is 0. The molecule has 1 aliphatic carbocycles.